The first kappa shape index (κ1) is 14.0. The Balaban J connectivity index is 1.80. The van der Waals surface area contributed by atoms with Crippen molar-refractivity contribution >= 4 is 17.8 Å². The summed E-state index contributed by atoms with van der Waals surface area (Å²) in [4.78, 5) is 39.9. The van der Waals surface area contributed by atoms with Crippen LogP contribution in [0.5, 0.6) is 0 Å². The van der Waals surface area contributed by atoms with Crippen molar-refractivity contribution < 1.29 is 14.4 Å². The second-order valence-electron chi connectivity index (χ2n) is 4.62. The van der Waals surface area contributed by atoms with Crippen LogP contribution in [0.15, 0.2) is 24.4 Å². The Bertz CT molecular complexity index is 518. The van der Waals surface area contributed by atoms with Crippen LogP contribution in [0.1, 0.15) is 18.5 Å². The summed E-state index contributed by atoms with van der Waals surface area (Å²) >= 11 is 0. The number of rotatable bonds is 5. The molecule has 1 fully saturated rings. The van der Waals surface area contributed by atoms with Gasteiger partial charge in [0.25, 0.3) is 5.91 Å². The topological polar surface area (TPSA) is 91.4 Å². The van der Waals surface area contributed by atoms with Gasteiger partial charge in [-0.25, -0.2) is 4.79 Å². The highest BCUT2D eigenvalue weighted by Crippen LogP contribution is 2.06. The maximum Gasteiger partial charge on any atom is 0.322 e. The van der Waals surface area contributed by atoms with Gasteiger partial charge < -0.3 is 10.2 Å². The fraction of sp³-hybridized carbons (Fsp3) is 0.385. The predicted molar refractivity (Wildman–Crippen MR) is 70.4 cm³/mol. The molecule has 1 aromatic heterocycles. The van der Waals surface area contributed by atoms with E-state index in [9.17, 15) is 14.4 Å². The Kier molecular flexibility index (Phi) is 4.29. The highest BCUT2D eigenvalue weighted by atomic mass is 16.2. The molecule has 1 aliphatic heterocycles. The lowest BCUT2D eigenvalue weighted by atomic mass is 10.1. The Morgan fingerprint density at radius 1 is 1.40 bits per heavy atom. The molecule has 7 heteroatoms. The largest absolute Gasteiger partial charge is 0.340 e. The second kappa shape index (κ2) is 6.14. The van der Waals surface area contributed by atoms with Gasteiger partial charge in [-0.1, -0.05) is 6.07 Å². The van der Waals surface area contributed by atoms with Crippen molar-refractivity contribution in [2.45, 2.75) is 25.4 Å². The number of nitrogens with zero attached hydrogens (tertiary/aromatic N) is 2. The maximum absolute atomic E-state index is 11.9. The molecule has 0 aliphatic carbocycles. The standard InChI is InChI=1S/C13H16N4O3/c1-17(8-9-4-2-3-7-14-9)11(18)6-5-10-12(19)16-13(20)15-10/h2-4,7,10H,5-6,8H2,1H3,(H2,15,16,19,20). The average Bonchev–Trinajstić information content (AvgIpc) is 2.75. The lowest BCUT2D eigenvalue weighted by Crippen LogP contribution is -2.32. The molecule has 1 aliphatic rings. The normalized spacial score (nSPS) is 17.6. The molecule has 2 heterocycles. The van der Waals surface area contributed by atoms with Gasteiger partial charge in [-0.3, -0.25) is 19.9 Å². The van der Waals surface area contributed by atoms with E-state index >= 15 is 0 Å². The fourth-order valence-corrected chi connectivity index (χ4v) is 1.94. The van der Waals surface area contributed by atoms with E-state index < -0.39 is 12.1 Å². The SMILES string of the molecule is CN(Cc1ccccn1)C(=O)CCC1NC(=O)NC1=O. The summed E-state index contributed by atoms with van der Waals surface area (Å²) in [5, 5.41) is 4.60. The van der Waals surface area contributed by atoms with Gasteiger partial charge in [0.2, 0.25) is 5.91 Å². The molecular weight excluding hydrogens is 260 g/mol. The number of carbonyl (C=O) groups excluding carboxylic acids is 3. The van der Waals surface area contributed by atoms with Gasteiger partial charge in [0.1, 0.15) is 6.04 Å². The number of imide groups is 1. The number of pyridine rings is 1. The third kappa shape index (κ3) is 3.53. The van der Waals surface area contributed by atoms with Crippen LogP contribution in [-0.4, -0.2) is 40.8 Å². The zero-order chi connectivity index (χ0) is 14.5. The molecular formula is C13H16N4O3. The summed E-state index contributed by atoms with van der Waals surface area (Å²) in [5.74, 6) is -0.472. The van der Waals surface area contributed by atoms with E-state index in [0.29, 0.717) is 13.0 Å². The van der Waals surface area contributed by atoms with E-state index in [2.05, 4.69) is 15.6 Å². The Labute approximate surface area is 116 Å². The molecule has 0 bridgehead atoms. The third-order valence-electron chi connectivity index (χ3n) is 3.06. The van der Waals surface area contributed by atoms with Gasteiger partial charge in [0.15, 0.2) is 0 Å². The molecule has 2 rings (SSSR count). The molecule has 1 saturated heterocycles. The van der Waals surface area contributed by atoms with E-state index in [1.165, 1.54) is 0 Å². The van der Waals surface area contributed by atoms with Crippen LogP contribution < -0.4 is 10.6 Å². The Morgan fingerprint density at radius 3 is 2.80 bits per heavy atom. The molecule has 1 atom stereocenters. The number of amides is 4. The smallest absolute Gasteiger partial charge is 0.322 e. The molecule has 2 N–H and O–H groups in total. The van der Waals surface area contributed by atoms with Gasteiger partial charge in [-0.2, -0.15) is 0 Å². The summed E-state index contributed by atoms with van der Waals surface area (Å²) in [6.45, 7) is 0.420. The van der Waals surface area contributed by atoms with Gasteiger partial charge in [-0.05, 0) is 18.6 Å². The average molecular weight is 276 g/mol. The zero-order valence-corrected chi connectivity index (χ0v) is 11.1. The van der Waals surface area contributed by atoms with Crippen LogP contribution in [-0.2, 0) is 16.1 Å². The van der Waals surface area contributed by atoms with E-state index in [4.69, 9.17) is 0 Å². The highest BCUT2D eigenvalue weighted by Gasteiger charge is 2.29. The fourth-order valence-electron chi connectivity index (χ4n) is 1.94. The lowest BCUT2D eigenvalue weighted by Gasteiger charge is -2.17. The third-order valence-corrected chi connectivity index (χ3v) is 3.06. The van der Waals surface area contributed by atoms with Crippen molar-refractivity contribution in [2.75, 3.05) is 7.05 Å². The van der Waals surface area contributed by atoms with E-state index in [1.807, 2.05) is 18.2 Å². The molecule has 0 spiro atoms. The molecule has 1 aromatic rings. The number of carbonyl (C=O) groups is 3. The maximum atomic E-state index is 11.9. The van der Waals surface area contributed by atoms with Crippen molar-refractivity contribution in [3.8, 4) is 0 Å². The number of hydrogen-bond acceptors (Lipinski definition) is 4. The van der Waals surface area contributed by atoms with Gasteiger partial charge >= 0.3 is 6.03 Å². The molecule has 106 valence electrons. The molecule has 4 amide bonds. The molecule has 1 unspecified atom stereocenters. The van der Waals surface area contributed by atoms with E-state index in [1.54, 1.807) is 18.1 Å². The summed E-state index contributed by atoms with van der Waals surface area (Å²) in [6, 6.07) is 4.39. The first-order valence-electron chi connectivity index (χ1n) is 6.31. The molecule has 20 heavy (non-hydrogen) atoms. The Morgan fingerprint density at radius 2 is 2.20 bits per heavy atom. The summed E-state index contributed by atoms with van der Waals surface area (Å²) in [5.41, 5.74) is 0.801. The summed E-state index contributed by atoms with van der Waals surface area (Å²) in [7, 11) is 1.68. The predicted octanol–water partition coefficient (Wildman–Crippen LogP) is 0.0282. The molecule has 0 radical (unpaired) electrons. The number of urea groups is 1. The first-order valence-corrected chi connectivity index (χ1v) is 6.31. The highest BCUT2D eigenvalue weighted by molar-refractivity contribution is 6.04. The van der Waals surface area contributed by atoms with Crippen LogP contribution in [0.25, 0.3) is 0 Å². The lowest BCUT2D eigenvalue weighted by molar-refractivity contribution is -0.130. The monoisotopic (exact) mass is 276 g/mol. The number of hydrogen-bond donors (Lipinski definition) is 2. The zero-order valence-electron chi connectivity index (χ0n) is 11.1. The minimum atomic E-state index is -0.616. The number of aromatic nitrogens is 1. The molecule has 7 nitrogen and oxygen atoms in total. The van der Waals surface area contributed by atoms with Crippen LogP contribution >= 0.6 is 0 Å². The quantitative estimate of drug-likeness (QED) is 0.742. The van der Waals surface area contributed by atoms with Gasteiger partial charge in [0, 0.05) is 19.7 Å². The van der Waals surface area contributed by atoms with Crippen molar-refractivity contribution in [2.24, 2.45) is 0 Å². The van der Waals surface area contributed by atoms with E-state index in [-0.39, 0.29) is 18.2 Å². The van der Waals surface area contributed by atoms with Crippen molar-refractivity contribution in [3.63, 3.8) is 0 Å². The minimum Gasteiger partial charge on any atom is -0.340 e. The van der Waals surface area contributed by atoms with E-state index in [0.717, 1.165) is 5.69 Å². The van der Waals surface area contributed by atoms with Crippen molar-refractivity contribution in [3.05, 3.63) is 30.1 Å². The second-order valence-corrected chi connectivity index (χ2v) is 4.62. The summed E-state index contributed by atoms with van der Waals surface area (Å²) < 4.78 is 0. The summed E-state index contributed by atoms with van der Waals surface area (Å²) in [6.07, 6.45) is 2.16. The Hall–Kier alpha value is -2.44. The van der Waals surface area contributed by atoms with Crippen molar-refractivity contribution in [1.29, 1.82) is 0 Å². The minimum absolute atomic E-state index is 0.0930. The number of nitrogens with one attached hydrogen (secondary N) is 2. The van der Waals surface area contributed by atoms with Crippen LogP contribution in [0.3, 0.4) is 0 Å². The van der Waals surface area contributed by atoms with Crippen LogP contribution in [0.2, 0.25) is 0 Å². The first-order chi connectivity index (χ1) is 9.56. The molecule has 0 aromatic carbocycles. The van der Waals surface area contributed by atoms with Gasteiger partial charge in [-0.15, -0.1) is 0 Å². The van der Waals surface area contributed by atoms with Crippen LogP contribution in [0.4, 0.5) is 4.79 Å². The van der Waals surface area contributed by atoms with Gasteiger partial charge in [0.05, 0.1) is 12.2 Å². The molecule has 0 saturated carbocycles. The van der Waals surface area contributed by atoms with Crippen LogP contribution in [0, 0.1) is 0 Å². The van der Waals surface area contributed by atoms with Crippen molar-refractivity contribution in [1.82, 2.24) is 20.5 Å².